The summed E-state index contributed by atoms with van der Waals surface area (Å²) in [6, 6.07) is 0. The molecule has 100 valence electrons. The second-order valence-electron chi connectivity index (χ2n) is 6.98. The molecular weight excluding hydrogens is 228 g/mol. The average Bonchev–Trinajstić information content (AvgIpc) is 2.31. The lowest BCUT2D eigenvalue weighted by Gasteiger charge is -2.39. The van der Waals surface area contributed by atoms with Gasteiger partial charge in [0.05, 0.1) is 0 Å². The van der Waals surface area contributed by atoms with E-state index in [2.05, 4.69) is 40.8 Å². The molecule has 0 N–H and O–H groups in total. The van der Waals surface area contributed by atoms with Gasteiger partial charge in [0.2, 0.25) is 0 Å². The highest BCUT2D eigenvalue weighted by atomic mass is 28.4. The number of hydrogen-bond donors (Lipinski definition) is 0. The summed E-state index contributed by atoms with van der Waals surface area (Å²) in [4.78, 5) is 11.7. The second-order valence-corrected chi connectivity index (χ2v) is 11.7. The first-order chi connectivity index (χ1) is 7.63. The Morgan fingerprint density at radius 1 is 1.18 bits per heavy atom. The molecule has 1 fully saturated rings. The number of Topliss-reactive ketones (excluding diaryl/α,β-unsaturated/α-hetero) is 1. The lowest BCUT2D eigenvalue weighted by atomic mass is 10.0. The quantitative estimate of drug-likeness (QED) is 0.548. The summed E-state index contributed by atoms with van der Waals surface area (Å²) in [6.45, 7) is 13.4. The average molecular weight is 256 g/mol. The molecule has 0 amide bonds. The van der Waals surface area contributed by atoms with E-state index in [-0.39, 0.29) is 11.0 Å². The van der Waals surface area contributed by atoms with Crippen molar-refractivity contribution >= 4 is 14.1 Å². The zero-order valence-corrected chi connectivity index (χ0v) is 13.3. The Morgan fingerprint density at radius 3 is 2.29 bits per heavy atom. The first-order valence-corrected chi connectivity index (χ1v) is 9.75. The van der Waals surface area contributed by atoms with Crippen LogP contribution in [0.2, 0.25) is 18.1 Å². The highest BCUT2D eigenvalue weighted by molar-refractivity contribution is 6.74. The monoisotopic (exact) mass is 256 g/mol. The van der Waals surface area contributed by atoms with Crippen molar-refractivity contribution in [3.05, 3.63) is 0 Å². The van der Waals surface area contributed by atoms with Gasteiger partial charge in [0.1, 0.15) is 5.78 Å². The van der Waals surface area contributed by atoms with Gasteiger partial charge < -0.3 is 4.43 Å². The van der Waals surface area contributed by atoms with Crippen LogP contribution in [0.4, 0.5) is 0 Å². The number of ketones is 1. The highest BCUT2D eigenvalue weighted by Gasteiger charge is 2.39. The SMILES string of the molecule is CC1CCC(O[Si](C)(C)C(C)(C)C)CCC1=O. The van der Waals surface area contributed by atoms with E-state index in [0.29, 0.717) is 18.3 Å². The summed E-state index contributed by atoms with van der Waals surface area (Å²) in [5.41, 5.74) is 0. The molecule has 2 atom stereocenters. The molecule has 0 aromatic carbocycles. The Morgan fingerprint density at radius 2 is 1.76 bits per heavy atom. The summed E-state index contributed by atoms with van der Waals surface area (Å²) in [5, 5.41) is 0.259. The van der Waals surface area contributed by atoms with Crippen LogP contribution >= 0.6 is 0 Å². The first kappa shape index (κ1) is 14.9. The molecule has 17 heavy (non-hydrogen) atoms. The smallest absolute Gasteiger partial charge is 0.192 e. The molecule has 3 heteroatoms. The third-order valence-electron chi connectivity index (χ3n) is 4.45. The van der Waals surface area contributed by atoms with Crippen LogP contribution in [0, 0.1) is 5.92 Å². The fourth-order valence-electron chi connectivity index (χ4n) is 2.00. The van der Waals surface area contributed by atoms with E-state index < -0.39 is 8.32 Å². The van der Waals surface area contributed by atoms with Crippen molar-refractivity contribution in [2.45, 2.75) is 77.6 Å². The largest absolute Gasteiger partial charge is 0.414 e. The Labute approximate surface area is 107 Å². The van der Waals surface area contributed by atoms with Crippen LogP contribution in [0.15, 0.2) is 0 Å². The predicted molar refractivity (Wildman–Crippen MR) is 74.7 cm³/mol. The van der Waals surface area contributed by atoms with E-state index in [9.17, 15) is 4.79 Å². The predicted octanol–water partition coefficient (Wildman–Crippen LogP) is 4.16. The molecule has 0 aromatic heterocycles. The molecule has 2 unspecified atom stereocenters. The van der Waals surface area contributed by atoms with E-state index in [4.69, 9.17) is 4.43 Å². The fourth-order valence-corrected chi connectivity index (χ4v) is 3.42. The molecule has 0 heterocycles. The molecular formula is C14H28O2Si. The summed E-state index contributed by atoms with van der Waals surface area (Å²) in [5.74, 6) is 0.661. The van der Waals surface area contributed by atoms with Crippen LogP contribution in [0.1, 0.15) is 53.4 Å². The van der Waals surface area contributed by atoms with Crippen LogP contribution < -0.4 is 0 Å². The lowest BCUT2D eigenvalue weighted by molar-refractivity contribution is -0.122. The molecule has 0 aromatic rings. The molecule has 0 spiro atoms. The van der Waals surface area contributed by atoms with Crippen molar-refractivity contribution in [3.8, 4) is 0 Å². The second kappa shape index (κ2) is 5.23. The van der Waals surface area contributed by atoms with Crippen LogP contribution in [0.3, 0.4) is 0 Å². The number of rotatable bonds is 2. The topological polar surface area (TPSA) is 26.3 Å². The highest BCUT2D eigenvalue weighted by Crippen LogP contribution is 2.38. The van der Waals surface area contributed by atoms with Gasteiger partial charge in [-0.05, 0) is 37.4 Å². The van der Waals surface area contributed by atoms with Crippen LogP contribution in [-0.4, -0.2) is 20.2 Å². The zero-order chi connectivity index (χ0) is 13.3. The van der Waals surface area contributed by atoms with E-state index in [1.54, 1.807) is 0 Å². The Kier molecular flexibility index (Phi) is 4.58. The van der Waals surface area contributed by atoms with Crippen molar-refractivity contribution in [3.63, 3.8) is 0 Å². The van der Waals surface area contributed by atoms with Gasteiger partial charge in [-0.3, -0.25) is 4.79 Å². The third kappa shape index (κ3) is 3.92. The number of carbonyl (C=O) groups excluding carboxylic acids is 1. The van der Waals surface area contributed by atoms with E-state index in [1.165, 1.54) is 0 Å². The molecule has 0 aliphatic heterocycles. The Bertz CT molecular complexity index is 278. The Balaban J connectivity index is 2.61. The van der Waals surface area contributed by atoms with E-state index >= 15 is 0 Å². The molecule has 0 saturated heterocycles. The normalized spacial score (nSPS) is 28.0. The fraction of sp³-hybridized carbons (Fsp3) is 0.929. The van der Waals surface area contributed by atoms with Gasteiger partial charge in [0, 0.05) is 18.4 Å². The maximum absolute atomic E-state index is 11.7. The number of hydrogen-bond acceptors (Lipinski definition) is 2. The minimum absolute atomic E-state index is 0.239. The minimum Gasteiger partial charge on any atom is -0.414 e. The number of carbonyl (C=O) groups is 1. The van der Waals surface area contributed by atoms with Gasteiger partial charge in [-0.25, -0.2) is 0 Å². The van der Waals surface area contributed by atoms with E-state index in [0.717, 1.165) is 19.3 Å². The molecule has 2 nitrogen and oxygen atoms in total. The summed E-state index contributed by atoms with van der Waals surface area (Å²) in [7, 11) is -1.67. The first-order valence-electron chi connectivity index (χ1n) is 6.84. The van der Waals surface area contributed by atoms with E-state index in [1.807, 2.05) is 0 Å². The van der Waals surface area contributed by atoms with Crippen molar-refractivity contribution in [1.82, 2.24) is 0 Å². The van der Waals surface area contributed by atoms with Crippen molar-refractivity contribution in [2.75, 3.05) is 0 Å². The third-order valence-corrected chi connectivity index (χ3v) is 8.99. The molecule has 1 aliphatic carbocycles. The molecule has 1 aliphatic rings. The van der Waals surface area contributed by atoms with Gasteiger partial charge in [0.25, 0.3) is 0 Å². The molecule has 1 rings (SSSR count). The summed E-state index contributed by atoms with van der Waals surface area (Å²) >= 11 is 0. The van der Waals surface area contributed by atoms with Crippen LogP contribution in [-0.2, 0) is 9.22 Å². The van der Waals surface area contributed by atoms with Gasteiger partial charge in [-0.15, -0.1) is 0 Å². The van der Waals surface area contributed by atoms with Gasteiger partial charge in [-0.1, -0.05) is 27.7 Å². The lowest BCUT2D eigenvalue weighted by Crippen LogP contribution is -2.43. The maximum atomic E-state index is 11.7. The van der Waals surface area contributed by atoms with Gasteiger partial charge in [-0.2, -0.15) is 0 Å². The zero-order valence-electron chi connectivity index (χ0n) is 12.3. The van der Waals surface area contributed by atoms with Crippen molar-refractivity contribution < 1.29 is 9.22 Å². The van der Waals surface area contributed by atoms with Crippen molar-refractivity contribution in [1.29, 1.82) is 0 Å². The van der Waals surface area contributed by atoms with Crippen LogP contribution in [0.25, 0.3) is 0 Å². The van der Waals surface area contributed by atoms with Gasteiger partial charge >= 0.3 is 0 Å². The standard InChI is InChI=1S/C14H28O2Si/c1-11-7-8-12(9-10-13(11)15)16-17(5,6)14(2,3)4/h11-12H,7-10H2,1-6H3. The Hall–Kier alpha value is -0.153. The molecule has 1 saturated carbocycles. The van der Waals surface area contributed by atoms with Crippen LogP contribution in [0.5, 0.6) is 0 Å². The van der Waals surface area contributed by atoms with Gasteiger partial charge in [0.15, 0.2) is 8.32 Å². The molecule has 0 bridgehead atoms. The minimum atomic E-state index is -1.67. The summed E-state index contributed by atoms with van der Waals surface area (Å²) < 4.78 is 6.41. The van der Waals surface area contributed by atoms with Crippen molar-refractivity contribution in [2.24, 2.45) is 5.92 Å². The summed E-state index contributed by atoms with van der Waals surface area (Å²) in [6.07, 6.45) is 4.00. The molecule has 0 radical (unpaired) electrons. The maximum Gasteiger partial charge on any atom is 0.192 e.